The van der Waals surface area contributed by atoms with Gasteiger partial charge in [-0.3, -0.25) is 0 Å². The lowest BCUT2D eigenvalue weighted by Crippen LogP contribution is -2.34. The van der Waals surface area contributed by atoms with Crippen molar-refractivity contribution >= 4 is 5.69 Å². The molecule has 3 nitrogen and oxygen atoms in total. The lowest BCUT2D eigenvalue weighted by Gasteiger charge is -2.20. The first kappa shape index (κ1) is 13.4. The SMILES string of the molecule is CCc1ccc(NCC(O)CN2CCCC2)cc1. The van der Waals surface area contributed by atoms with Crippen molar-refractivity contribution in [1.82, 2.24) is 4.90 Å². The zero-order valence-electron chi connectivity index (χ0n) is 11.2. The van der Waals surface area contributed by atoms with Crippen LogP contribution >= 0.6 is 0 Å². The fourth-order valence-corrected chi connectivity index (χ4v) is 2.42. The van der Waals surface area contributed by atoms with Crippen molar-refractivity contribution in [3.63, 3.8) is 0 Å². The molecule has 18 heavy (non-hydrogen) atoms. The van der Waals surface area contributed by atoms with Gasteiger partial charge in [0.15, 0.2) is 0 Å². The molecule has 0 bridgehead atoms. The van der Waals surface area contributed by atoms with Crippen LogP contribution < -0.4 is 5.32 Å². The second-order valence-corrected chi connectivity index (χ2v) is 5.09. The Kier molecular flexibility index (Phi) is 5.02. The molecular formula is C15H24N2O. The molecule has 1 aliphatic heterocycles. The third-order valence-corrected chi connectivity index (χ3v) is 3.57. The van der Waals surface area contributed by atoms with E-state index in [0.29, 0.717) is 6.54 Å². The summed E-state index contributed by atoms with van der Waals surface area (Å²) in [7, 11) is 0. The van der Waals surface area contributed by atoms with Crippen molar-refractivity contribution in [3.8, 4) is 0 Å². The van der Waals surface area contributed by atoms with Gasteiger partial charge in [0, 0.05) is 18.8 Å². The van der Waals surface area contributed by atoms with E-state index in [9.17, 15) is 5.11 Å². The van der Waals surface area contributed by atoms with E-state index in [4.69, 9.17) is 0 Å². The summed E-state index contributed by atoms with van der Waals surface area (Å²) in [6, 6.07) is 8.44. The van der Waals surface area contributed by atoms with Gasteiger partial charge in [0.2, 0.25) is 0 Å². The molecule has 1 saturated heterocycles. The number of β-amino-alcohol motifs (C(OH)–C–C–N with tert-alkyl or cyclic N) is 1. The van der Waals surface area contributed by atoms with E-state index >= 15 is 0 Å². The Morgan fingerprint density at radius 2 is 1.89 bits per heavy atom. The minimum absolute atomic E-state index is 0.283. The molecule has 1 aromatic rings. The van der Waals surface area contributed by atoms with E-state index in [0.717, 1.165) is 31.7 Å². The Bertz CT molecular complexity index is 344. The van der Waals surface area contributed by atoms with Gasteiger partial charge in [0.1, 0.15) is 0 Å². The van der Waals surface area contributed by atoms with Gasteiger partial charge in [-0.2, -0.15) is 0 Å². The van der Waals surface area contributed by atoms with Crippen LogP contribution in [0.15, 0.2) is 24.3 Å². The standard InChI is InChI=1S/C15H24N2O/c1-2-13-5-7-14(8-6-13)16-11-15(18)12-17-9-3-4-10-17/h5-8,15-16,18H,2-4,9-12H2,1H3. The summed E-state index contributed by atoms with van der Waals surface area (Å²) in [6.07, 6.45) is 3.34. The smallest absolute Gasteiger partial charge is 0.0839 e. The third-order valence-electron chi connectivity index (χ3n) is 3.57. The Labute approximate surface area is 110 Å². The first-order chi connectivity index (χ1) is 8.78. The maximum Gasteiger partial charge on any atom is 0.0839 e. The van der Waals surface area contributed by atoms with Crippen molar-refractivity contribution in [3.05, 3.63) is 29.8 Å². The number of nitrogens with one attached hydrogen (secondary N) is 1. The van der Waals surface area contributed by atoms with E-state index in [-0.39, 0.29) is 6.10 Å². The first-order valence-electron chi connectivity index (χ1n) is 7.01. The monoisotopic (exact) mass is 248 g/mol. The van der Waals surface area contributed by atoms with Gasteiger partial charge in [0.05, 0.1) is 6.10 Å². The number of likely N-dealkylation sites (tertiary alicyclic amines) is 1. The number of aliphatic hydroxyl groups is 1. The number of hydrogen-bond donors (Lipinski definition) is 2. The molecule has 2 N–H and O–H groups in total. The van der Waals surface area contributed by atoms with Crippen LogP contribution in [0.1, 0.15) is 25.3 Å². The molecule has 0 radical (unpaired) electrons. The van der Waals surface area contributed by atoms with Crippen molar-refractivity contribution < 1.29 is 5.11 Å². The zero-order valence-corrected chi connectivity index (χ0v) is 11.2. The highest BCUT2D eigenvalue weighted by Gasteiger charge is 2.15. The van der Waals surface area contributed by atoms with Gasteiger partial charge in [0.25, 0.3) is 0 Å². The molecule has 1 aliphatic rings. The fourth-order valence-electron chi connectivity index (χ4n) is 2.42. The fraction of sp³-hybridized carbons (Fsp3) is 0.600. The molecule has 1 atom stereocenters. The molecule has 0 saturated carbocycles. The Morgan fingerprint density at radius 1 is 1.22 bits per heavy atom. The predicted molar refractivity (Wildman–Crippen MR) is 76.0 cm³/mol. The average molecular weight is 248 g/mol. The van der Waals surface area contributed by atoms with E-state index in [2.05, 4.69) is 41.4 Å². The second kappa shape index (κ2) is 6.76. The van der Waals surface area contributed by atoms with Gasteiger partial charge in [-0.25, -0.2) is 0 Å². The van der Waals surface area contributed by atoms with E-state index in [1.807, 2.05) is 0 Å². The highest BCUT2D eigenvalue weighted by Crippen LogP contribution is 2.11. The van der Waals surface area contributed by atoms with Gasteiger partial charge in [-0.1, -0.05) is 19.1 Å². The average Bonchev–Trinajstić information content (AvgIpc) is 2.90. The predicted octanol–water partition coefficient (Wildman–Crippen LogP) is 2.12. The maximum atomic E-state index is 9.97. The molecule has 1 fully saturated rings. The number of anilines is 1. The number of aryl methyl sites for hydroxylation is 1. The van der Waals surface area contributed by atoms with Gasteiger partial charge < -0.3 is 15.3 Å². The Balaban J connectivity index is 1.72. The molecule has 0 aliphatic carbocycles. The van der Waals surface area contributed by atoms with E-state index in [1.165, 1.54) is 18.4 Å². The van der Waals surface area contributed by atoms with Gasteiger partial charge in [-0.15, -0.1) is 0 Å². The molecule has 3 heteroatoms. The summed E-state index contributed by atoms with van der Waals surface area (Å²) in [4.78, 5) is 2.34. The highest BCUT2D eigenvalue weighted by atomic mass is 16.3. The summed E-state index contributed by atoms with van der Waals surface area (Å²) in [5.74, 6) is 0. The molecule has 1 unspecified atom stereocenters. The molecule has 0 aromatic heterocycles. The number of rotatable bonds is 6. The number of benzene rings is 1. The van der Waals surface area contributed by atoms with Crippen LogP contribution in [0.3, 0.4) is 0 Å². The second-order valence-electron chi connectivity index (χ2n) is 5.09. The van der Waals surface area contributed by atoms with Crippen LogP contribution in [0.25, 0.3) is 0 Å². The van der Waals surface area contributed by atoms with Crippen LogP contribution in [0.5, 0.6) is 0 Å². The summed E-state index contributed by atoms with van der Waals surface area (Å²) < 4.78 is 0. The molecule has 1 aromatic carbocycles. The summed E-state index contributed by atoms with van der Waals surface area (Å²) in [5.41, 5.74) is 2.44. The van der Waals surface area contributed by atoms with Crippen molar-refractivity contribution in [1.29, 1.82) is 0 Å². The van der Waals surface area contributed by atoms with E-state index in [1.54, 1.807) is 0 Å². The van der Waals surface area contributed by atoms with E-state index < -0.39 is 0 Å². The zero-order chi connectivity index (χ0) is 12.8. The van der Waals surface area contributed by atoms with Crippen molar-refractivity contribution in [2.24, 2.45) is 0 Å². The minimum Gasteiger partial charge on any atom is -0.390 e. The number of aliphatic hydroxyl groups excluding tert-OH is 1. The normalized spacial score (nSPS) is 17.9. The minimum atomic E-state index is -0.283. The molecule has 0 amide bonds. The number of hydrogen-bond acceptors (Lipinski definition) is 3. The molecule has 2 rings (SSSR count). The van der Waals surface area contributed by atoms with Gasteiger partial charge >= 0.3 is 0 Å². The van der Waals surface area contributed by atoms with Crippen molar-refractivity contribution in [2.45, 2.75) is 32.3 Å². The van der Waals surface area contributed by atoms with Gasteiger partial charge in [-0.05, 0) is 50.0 Å². The van der Waals surface area contributed by atoms with Crippen LogP contribution in [-0.4, -0.2) is 42.3 Å². The molecule has 1 heterocycles. The largest absolute Gasteiger partial charge is 0.390 e. The molecular weight excluding hydrogens is 224 g/mol. The maximum absolute atomic E-state index is 9.97. The summed E-state index contributed by atoms with van der Waals surface area (Å²) >= 11 is 0. The quantitative estimate of drug-likeness (QED) is 0.809. The van der Waals surface area contributed by atoms with Crippen molar-refractivity contribution in [2.75, 3.05) is 31.5 Å². The van der Waals surface area contributed by atoms with Crippen LogP contribution in [0, 0.1) is 0 Å². The third kappa shape index (κ3) is 4.00. The Morgan fingerprint density at radius 3 is 2.50 bits per heavy atom. The first-order valence-corrected chi connectivity index (χ1v) is 7.01. The lowest BCUT2D eigenvalue weighted by atomic mass is 10.1. The van der Waals surface area contributed by atoms with Crippen LogP contribution in [0.2, 0.25) is 0 Å². The summed E-state index contributed by atoms with van der Waals surface area (Å²) in [6.45, 7) is 5.86. The van der Waals surface area contributed by atoms with Crippen LogP contribution in [0.4, 0.5) is 5.69 Å². The topological polar surface area (TPSA) is 35.5 Å². The molecule has 0 spiro atoms. The Hall–Kier alpha value is -1.06. The summed E-state index contributed by atoms with van der Waals surface area (Å²) in [5, 5.41) is 13.3. The molecule has 100 valence electrons. The number of nitrogens with zero attached hydrogens (tertiary/aromatic N) is 1. The van der Waals surface area contributed by atoms with Crippen LogP contribution in [-0.2, 0) is 6.42 Å². The highest BCUT2D eigenvalue weighted by molar-refractivity contribution is 5.44. The lowest BCUT2D eigenvalue weighted by molar-refractivity contribution is 0.135.